The van der Waals surface area contributed by atoms with E-state index < -0.39 is 0 Å². The quantitative estimate of drug-likeness (QED) is 0.882. The molecule has 4 nitrogen and oxygen atoms in total. The second-order valence-electron chi connectivity index (χ2n) is 5.17. The number of hydrogen-bond acceptors (Lipinski definition) is 3. The summed E-state index contributed by atoms with van der Waals surface area (Å²) in [5.74, 6) is 0.270. The molecule has 1 fully saturated rings. The van der Waals surface area contributed by atoms with Gasteiger partial charge in [-0.3, -0.25) is 0 Å². The van der Waals surface area contributed by atoms with Crippen molar-refractivity contribution in [3.63, 3.8) is 0 Å². The van der Waals surface area contributed by atoms with Gasteiger partial charge in [0.2, 0.25) is 0 Å². The third-order valence-corrected chi connectivity index (χ3v) is 4.34. The van der Waals surface area contributed by atoms with E-state index in [1.807, 2.05) is 4.57 Å². The maximum atomic E-state index is 13.8. The van der Waals surface area contributed by atoms with Gasteiger partial charge in [0.05, 0.1) is 24.8 Å². The van der Waals surface area contributed by atoms with E-state index in [1.165, 1.54) is 13.2 Å². The molecule has 0 aliphatic carbocycles. The van der Waals surface area contributed by atoms with E-state index >= 15 is 0 Å². The number of fused-ring (bicyclic) bond motifs is 1. The Labute approximate surface area is 121 Å². The summed E-state index contributed by atoms with van der Waals surface area (Å²) in [6.07, 6.45) is 1.02. The Balaban J connectivity index is 2.14. The number of aromatic amines is 1. The summed E-state index contributed by atoms with van der Waals surface area (Å²) in [7, 11) is 1.46. The summed E-state index contributed by atoms with van der Waals surface area (Å²) in [6.45, 7) is 3.66. The molecule has 0 radical (unpaired) electrons. The highest BCUT2D eigenvalue weighted by Gasteiger charge is 2.25. The Kier molecular flexibility index (Phi) is 3.52. The van der Waals surface area contributed by atoms with E-state index in [0.29, 0.717) is 16.2 Å². The van der Waals surface area contributed by atoms with Gasteiger partial charge >= 0.3 is 0 Å². The summed E-state index contributed by atoms with van der Waals surface area (Å²) in [5, 5.41) is 0. The van der Waals surface area contributed by atoms with Crippen LogP contribution in [0.1, 0.15) is 19.4 Å². The number of imidazole rings is 1. The predicted molar refractivity (Wildman–Crippen MR) is 77.3 cm³/mol. The van der Waals surface area contributed by atoms with Crippen LogP contribution in [0.4, 0.5) is 4.39 Å². The lowest BCUT2D eigenvalue weighted by Gasteiger charge is -2.20. The molecule has 2 unspecified atom stereocenters. The van der Waals surface area contributed by atoms with Crippen molar-refractivity contribution in [2.24, 2.45) is 5.92 Å². The zero-order chi connectivity index (χ0) is 14.3. The highest BCUT2D eigenvalue weighted by molar-refractivity contribution is 7.71. The lowest BCUT2D eigenvalue weighted by molar-refractivity contribution is 0.175. The molecule has 0 bridgehead atoms. The van der Waals surface area contributed by atoms with Gasteiger partial charge < -0.3 is 19.0 Å². The maximum Gasteiger partial charge on any atom is 0.178 e. The monoisotopic (exact) mass is 296 g/mol. The number of halogens is 1. The van der Waals surface area contributed by atoms with Gasteiger partial charge in [0.1, 0.15) is 0 Å². The summed E-state index contributed by atoms with van der Waals surface area (Å²) < 4.78 is 26.9. The Hall–Kier alpha value is -1.40. The highest BCUT2D eigenvalue weighted by atomic mass is 32.1. The topological polar surface area (TPSA) is 39.2 Å². The number of nitrogens with zero attached hydrogens (tertiary/aromatic N) is 1. The molecular weight excluding hydrogens is 279 g/mol. The van der Waals surface area contributed by atoms with E-state index in [0.717, 1.165) is 25.2 Å². The fourth-order valence-corrected chi connectivity index (χ4v) is 3.21. The first-order valence-electron chi connectivity index (χ1n) is 6.67. The second kappa shape index (κ2) is 5.18. The van der Waals surface area contributed by atoms with Crippen LogP contribution in [0.25, 0.3) is 11.0 Å². The van der Waals surface area contributed by atoms with Crippen LogP contribution in [0.3, 0.4) is 0 Å². The minimum absolute atomic E-state index is 0.203. The molecule has 1 aliphatic rings. The number of benzene rings is 1. The molecule has 1 N–H and O–H groups in total. The molecule has 1 aromatic heterocycles. The second-order valence-corrected chi connectivity index (χ2v) is 5.56. The molecule has 108 valence electrons. The van der Waals surface area contributed by atoms with Crippen molar-refractivity contribution >= 4 is 23.3 Å². The molecule has 6 heteroatoms. The number of hydrogen-bond donors (Lipinski definition) is 1. The third kappa shape index (κ3) is 2.13. The van der Waals surface area contributed by atoms with Gasteiger partial charge in [0.15, 0.2) is 16.3 Å². The molecule has 1 aromatic carbocycles. The molecule has 0 spiro atoms. The van der Waals surface area contributed by atoms with Crippen LogP contribution in [-0.2, 0) is 4.74 Å². The van der Waals surface area contributed by atoms with Gasteiger partial charge in [-0.25, -0.2) is 4.39 Å². The van der Waals surface area contributed by atoms with Crippen molar-refractivity contribution in [2.75, 3.05) is 20.3 Å². The van der Waals surface area contributed by atoms with Crippen molar-refractivity contribution in [1.82, 2.24) is 9.55 Å². The van der Waals surface area contributed by atoms with E-state index in [4.69, 9.17) is 21.7 Å². The minimum Gasteiger partial charge on any atom is -0.494 e. The summed E-state index contributed by atoms with van der Waals surface area (Å²) >= 11 is 5.39. The fraction of sp³-hybridized carbons (Fsp3) is 0.500. The molecule has 0 saturated carbocycles. The van der Waals surface area contributed by atoms with Crippen molar-refractivity contribution < 1.29 is 13.9 Å². The van der Waals surface area contributed by atoms with Crippen molar-refractivity contribution in [3.05, 3.63) is 22.7 Å². The van der Waals surface area contributed by atoms with Crippen LogP contribution >= 0.6 is 12.2 Å². The van der Waals surface area contributed by atoms with Crippen LogP contribution in [-0.4, -0.2) is 29.9 Å². The first-order valence-corrected chi connectivity index (χ1v) is 7.08. The molecular formula is C14H17FN2O2S. The number of nitrogens with one attached hydrogen (secondary N) is 1. The molecule has 0 amide bonds. The highest BCUT2D eigenvalue weighted by Crippen LogP contribution is 2.32. The number of H-pyrrole nitrogens is 1. The first-order chi connectivity index (χ1) is 9.61. The average Bonchev–Trinajstić information content (AvgIpc) is 3.03. The third-order valence-electron chi connectivity index (χ3n) is 4.04. The van der Waals surface area contributed by atoms with Gasteiger partial charge in [-0.05, 0) is 25.6 Å². The smallest absolute Gasteiger partial charge is 0.178 e. The zero-order valence-corrected chi connectivity index (χ0v) is 12.3. The van der Waals surface area contributed by atoms with Gasteiger partial charge in [-0.1, -0.05) is 0 Å². The van der Waals surface area contributed by atoms with Crippen molar-refractivity contribution in [2.45, 2.75) is 19.4 Å². The van der Waals surface area contributed by atoms with Crippen LogP contribution < -0.4 is 4.74 Å². The van der Waals surface area contributed by atoms with Gasteiger partial charge in [-0.15, -0.1) is 0 Å². The van der Waals surface area contributed by atoms with Gasteiger partial charge in [0.25, 0.3) is 0 Å². The van der Waals surface area contributed by atoms with Gasteiger partial charge in [0, 0.05) is 30.7 Å². The number of ether oxygens (including phenoxy) is 2. The first kappa shape index (κ1) is 13.6. The lowest BCUT2D eigenvalue weighted by Crippen LogP contribution is -2.16. The van der Waals surface area contributed by atoms with E-state index in [2.05, 4.69) is 11.9 Å². The molecule has 1 saturated heterocycles. The van der Waals surface area contributed by atoms with Crippen LogP contribution in [0.15, 0.2) is 12.1 Å². The largest absolute Gasteiger partial charge is 0.494 e. The predicted octanol–water partition coefficient (Wildman–Crippen LogP) is 3.44. The van der Waals surface area contributed by atoms with Crippen LogP contribution in [0.5, 0.6) is 5.75 Å². The van der Waals surface area contributed by atoms with Crippen LogP contribution in [0.2, 0.25) is 0 Å². The summed E-state index contributed by atoms with van der Waals surface area (Å²) in [4.78, 5) is 3.06. The SMILES string of the molecule is COc1cc2c(cc1F)[nH]c(=S)n2C(C)C1CCOC1. The Morgan fingerprint density at radius 1 is 1.55 bits per heavy atom. The number of methoxy groups -OCH3 is 1. The van der Waals surface area contributed by atoms with Crippen molar-refractivity contribution in [3.8, 4) is 5.75 Å². The van der Waals surface area contributed by atoms with Crippen molar-refractivity contribution in [1.29, 1.82) is 0 Å². The molecule has 20 heavy (non-hydrogen) atoms. The summed E-state index contributed by atoms with van der Waals surface area (Å²) in [5.41, 5.74) is 1.56. The van der Waals surface area contributed by atoms with Gasteiger partial charge in [-0.2, -0.15) is 0 Å². The lowest BCUT2D eigenvalue weighted by atomic mass is 10.0. The molecule has 2 aromatic rings. The number of rotatable bonds is 3. The van der Waals surface area contributed by atoms with E-state index in [1.54, 1.807) is 6.07 Å². The molecule has 2 heterocycles. The van der Waals surface area contributed by atoms with E-state index in [9.17, 15) is 4.39 Å². The molecule has 1 aliphatic heterocycles. The maximum absolute atomic E-state index is 13.8. The molecule has 2 atom stereocenters. The molecule has 3 rings (SSSR count). The normalized spacial score (nSPS) is 20.4. The number of aromatic nitrogens is 2. The standard InChI is InChI=1S/C14H17FN2O2S/c1-8(9-3-4-19-7-9)17-12-6-13(18-2)10(15)5-11(12)16-14(17)20/h5-6,8-9H,3-4,7H2,1-2H3,(H,16,20). The zero-order valence-electron chi connectivity index (χ0n) is 11.5. The summed E-state index contributed by atoms with van der Waals surface area (Å²) in [6, 6.07) is 3.33. The Bertz CT molecular complexity index is 688. The Morgan fingerprint density at radius 3 is 3.00 bits per heavy atom. The van der Waals surface area contributed by atoms with E-state index in [-0.39, 0.29) is 17.6 Å². The Morgan fingerprint density at radius 2 is 2.35 bits per heavy atom. The minimum atomic E-state index is -0.389. The fourth-order valence-electron chi connectivity index (χ4n) is 2.83. The average molecular weight is 296 g/mol. The van der Waals surface area contributed by atoms with Crippen LogP contribution in [0, 0.1) is 16.5 Å².